The van der Waals surface area contributed by atoms with E-state index in [-0.39, 0.29) is 12.5 Å². The molecule has 28 heavy (non-hydrogen) atoms. The van der Waals surface area contributed by atoms with Crippen molar-refractivity contribution in [1.29, 1.82) is 0 Å². The van der Waals surface area contributed by atoms with Gasteiger partial charge in [0.25, 0.3) is 0 Å². The molecule has 0 saturated carbocycles. The van der Waals surface area contributed by atoms with E-state index in [4.69, 9.17) is 0 Å². The van der Waals surface area contributed by atoms with Crippen molar-refractivity contribution in [2.45, 2.75) is 26.3 Å². The Hall–Kier alpha value is -3.48. The zero-order valence-corrected chi connectivity index (χ0v) is 15.7. The van der Waals surface area contributed by atoms with Crippen molar-refractivity contribution in [2.24, 2.45) is 0 Å². The molecule has 0 aromatic heterocycles. The normalized spacial score (nSPS) is 14.2. The second-order valence-electron chi connectivity index (χ2n) is 6.84. The van der Waals surface area contributed by atoms with E-state index in [1.165, 1.54) is 0 Å². The number of urea groups is 1. The molecule has 3 rings (SSSR count). The van der Waals surface area contributed by atoms with Gasteiger partial charge in [0.15, 0.2) is 0 Å². The van der Waals surface area contributed by atoms with Gasteiger partial charge in [0.2, 0.25) is 5.91 Å². The van der Waals surface area contributed by atoms with Gasteiger partial charge in [-0.1, -0.05) is 62.4 Å². The quantitative estimate of drug-likeness (QED) is 0.618. The number of hydrogen-bond acceptors (Lipinski definition) is 4. The number of rotatable bonds is 6. The number of anilines is 1. The number of nitrogens with one attached hydrogen (secondary N) is 1. The summed E-state index contributed by atoms with van der Waals surface area (Å²) < 4.78 is 0. The molecule has 0 bridgehead atoms. The molecule has 0 aliphatic carbocycles. The largest absolute Gasteiger partial charge is 0.335 e. The number of carbonyl (C=O) groups excluding carboxylic acids is 4. The van der Waals surface area contributed by atoms with E-state index >= 15 is 0 Å². The molecule has 2 aromatic carbocycles. The van der Waals surface area contributed by atoms with E-state index < -0.39 is 30.3 Å². The van der Waals surface area contributed by atoms with Crippen LogP contribution in [0.3, 0.4) is 0 Å². The van der Waals surface area contributed by atoms with Crippen LogP contribution in [0.5, 0.6) is 0 Å². The molecule has 5 amide bonds. The maximum atomic E-state index is 12.5. The van der Waals surface area contributed by atoms with Crippen LogP contribution in [0.1, 0.15) is 30.9 Å². The van der Waals surface area contributed by atoms with E-state index in [0.29, 0.717) is 16.2 Å². The fourth-order valence-electron chi connectivity index (χ4n) is 3.04. The van der Waals surface area contributed by atoms with Gasteiger partial charge in [0, 0.05) is 5.69 Å². The molecule has 7 nitrogen and oxygen atoms in total. The van der Waals surface area contributed by atoms with Crippen LogP contribution in [0.2, 0.25) is 0 Å². The van der Waals surface area contributed by atoms with Crippen molar-refractivity contribution < 1.29 is 19.2 Å². The standard InChI is InChI=1S/C21H21N3O4/c1-14(2)16-10-6-7-11-17(16)22-18(25)13-24-20(27)19(26)23(21(24)28)12-15-8-4-3-5-9-15/h3-11,14H,12-13H2,1-2H3,(H,22,25). The lowest BCUT2D eigenvalue weighted by molar-refractivity contribution is -0.143. The molecule has 0 unspecified atom stereocenters. The number of para-hydroxylation sites is 1. The third-order valence-electron chi connectivity index (χ3n) is 4.48. The Morgan fingerprint density at radius 2 is 1.50 bits per heavy atom. The summed E-state index contributed by atoms with van der Waals surface area (Å²) in [5.74, 6) is -2.27. The van der Waals surface area contributed by atoms with Gasteiger partial charge in [-0.05, 0) is 23.1 Å². The minimum absolute atomic E-state index is 0.0153. The number of imide groups is 2. The average Bonchev–Trinajstić information content (AvgIpc) is 2.87. The molecule has 0 radical (unpaired) electrons. The molecule has 1 heterocycles. The lowest BCUT2D eigenvalue weighted by Gasteiger charge is -2.17. The molecule has 1 aliphatic rings. The Morgan fingerprint density at radius 3 is 2.18 bits per heavy atom. The van der Waals surface area contributed by atoms with Gasteiger partial charge in [0.1, 0.15) is 6.54 Å². The lowest BCUT2D eigenvalue weighted by atomic mass is 10.0. The second kappa shape index (κ2) is 8.04. The van der Waals surface area contributed by atoms with Gasteiger partial charge in [-0.2, -0.15) is 0 Å². The fourth-order valence-corrected chi connectivity index (χ4v) is 3.04. The van der Waals surface area contributed by atoms with Gasteiger partial charge < -0.3 is 5.32 Å². The first-order valence-corrected chi connectivity index (χ1v) is 8.98. The summed E-state index contributed by atoms with van der Waals surface area (Å²) in [4.78, 5) is 50.9. The van der Waals surface area contributed by atoms with Crippen LogP contribution in [-0.4, -0.2) is 40.1 Å². The highest BCUT2D eigenvalue weighted by atomic mass is 16.2. The Morgan fingerprint density at radius 1 is 0.893 bits per heavy atom. The van der Waals surface area contributed by atoms with Gasteiger partial charge in [-0.15, -0.1) is 0 Å². The molecule has 2 aromatic rings. The average molecular weight is 379 g/mol. The first kappa shape index (κ1) is 19.3. The van der Waals surface area contributed by atoms with Crippen LogP contribution in [-0.2, 0) is 20.9 Å². The maximum absolute atomic E-state index is 12.5. The van der Waals surface area contributed by atoms with Crippen molar-refractivity contribution in [3.8, 4) is 0 Å². The molecule has 1 saturated heterocycles. The van der Waals surface area contributed by atoms with Gasteiger partial charge in [-0.25, -0.2) is 9.69 Å². The van der Waals surface area contributed by atoms with Crippen LogP contribution >= 0.6 is 0 Å². The molecule has 0 atom stereocenters. The highest BCUT2D eigenvalue weighted by molar-refractivity contribution is 6.45. The molecule has 144 valence electrons. The predicted molar refractivity (Wildman–Crippen MR) is 103 cm³/mol. The summed E-state index contributed by atoms with van der Waals surface area (Å²) in [5, 5.41) is 2.72. The summed E-state index contributed by atoms with van der Waals surface area (Å²) in [6.45, 7) is 3.47. The molecule has 0 spiro atoms. The Balaban J connectivity index is 1.70. The monoisotopic (exact) mass is 379 g/mol. The number of amides is 5. The summed E-state index contributed by atoms with van der Waals surface area (Å²) in [6, 6.07) is 15.4. The smallest absolute Gasteiger partial charge is 0.324 e. The molecular formula is C21H21N3O4. The molecule has 1 N–H and O–H groups in total. The van der Waals surface area contributed by atoms with Crippen molar-refractivity contribution in [3.63, 3.8) is 0 Å². The van der Waals surface area contributed by atoms with E-state index in [1.807, 2.05) is 32.0 Å². The highest BCUT2D eigenvalue weighted by Gasteiger charge is 2.45. The van der Waals surface area contributed by atoms with Crippen LogP contribution < -0.4 is 5.32 Å². The summed E-state index contributed by atoms with van der Waals surface area (Å²) in [7, 11) is 0. The van der Waals surface area contributed by atoms with Crippen LogP contribution in [0.25, 0.3) is 0 Å². The van der Waals surface area contributed by atoms with Gasteiger partial charge in [0.05, 0.1) is 6.54 Å². The topological polar surface area (TPSA) is 86.8 Å². The van der Waals surface area contributed by atoms with Crippen molar-refractivity contribution >= 4 is 29.4 Å². The minimum atomic E-state index is -0.992. The third kappa shape index (κ3) is 3.93. The van der Waals surface area contributed by atoms with Crippen LogP contribution in [0.4, 0.5) is 10.5 Å². The highest BCUT2D eigenvalue weighted by Crippen LogP contribution is 2.24. The number of nitrogens with zero attached hydrogens (tertiary/aromatic N) is 2. The molecular weight excluding hydrogens is 358 g/mol. The third-order valence-corrected chi connectivity index (χ3v) is 4.48. The molecule has 7 heteroatoms. The van der Waals surface area contributed by atoms with Crippen molar-refractivity contribution in [1.82, 2.24) is 9.80 Å². The summed E-state index contributed by atoms with van der Waals surface area (Å²) in [5.41, 5.74) is 2.28. The van der Waals surface area contributed by atoms with E-state index in [2.05, 4.69) is 5.32 Å². The fraction of sp³-hybridized carbons (Fsp3) is 0.238. The van der Waals surface area contributed by atoms with Crippen molar-refractivity contribution in [3.05, 3.63) is 65.7 Å². The number of hydrogen-bond donors (Lipinski definition) is 1. The van der Waals surface area contributed by atoms with E-state index in [0.717, 1.165) is 10.5 Å². The molecule has 1 aliphatic heterocycles. The Bertz CT molecular complexity index is 924. The van der Waals surface area contributed by atoms with Crippen LogP contribution in [0.15, 0.2) is 54.6 Å². The van der Waals surface area contributed by atoms with E-state index in [1.54, 1.807) is 36.4 Å². The van der Waals surface area contributed by atoms with Crippen LogP contribution in [0, 0.1) is 0 Å². The lowest BCUT2D eigenvalue weighted by Crippen LogP contribution is -2.39. The van der Waals surface area contributed by atoms with Gasteiger partial charge >= 0.3 is 17.8 Å². The zero-order valence-electron chi connectivity index (χ0n) is 15.7. The zero-order chi connectivity index (χ0) is 20.3. The SMILES string of the molecule is CC(C)c1ccccc1NC(=O)CN1C(=O)C(=O)N(Cc2ccccc2)C1=O. The summed E-state index contributed by atoms with van der Waals surface area (Å²) >= 11 is 0. The minimum Gasteiger partial charge on any atom is -0.324 e. The van der Waals surface area contributed by atoms with Gasteiger partial charge in [-0.3, -0.25) is 19.3 Å². The van der Waals surface area contributed by atoms with Crippen molar-refractivity contribution in [2.75, 3.05) is 11.9 Å². The number of carbonyl (C=O) groups is 4. The first-order chi connectivity index (χ1) is 13.4. The Kier molecular flexibility index (Phi) is 5.54. The van der Waals surface area contributed by atoms with E-state index in [9.17, 15) is 19.2 Å². The summed E-state index contributed by atoms with van der Waals surface area (Å²) in [6.07, 6.45) is 0. The molecule has 1 fully saturated rings. The number of benzene rings is 2. The first-order valence-electron chi connectivity index (χ1n) is 8.98. The second-order valence-corrected chi connectivity index (χ2v) is 6.84. The maximum Gasteiger partial charge on any atom is 0.335 e. The Labute approximate surface area is 162 Å². The predicted octanol–water partition coefficient (Wildman–Crippen LogP) is 2.74.